The van der Waals surface area contributed by atoms with Crippen LogP contribution in [0.3, 0.4) is 0 Å². The maximum Gasteiger partial charge on any atom is 0.331 e. The lowest BCUT2D eigenvalue weighted by atomic mass is 9.89. The minimum atomic E-state index is -0.479. The van der Waals surface area contributed by atoms with Crippen molar-refractivity contribution in [3.63, 3.8) is 0 Å². The number of hydrogen-bond acceptors (Lipinski definition) is 4. The van der Waals surface area contributed by atoms with Gasteiger partial charge in [0.25, 0.3) is 0 Å². The van der Waals surface area contributed by atoms with E-state index in [9.17, 15) is 9.59 Å². The summed E-state index contributed by atoms with van der Waals surface area (Å²) in [7, 11) is 0. The molecule has 0 aromatic heterocycles. The zero-order chi connectivity index (χ0) is 21.7. The molecule has 0 saturated heterocycles. The van der Waals surface area contributed by atoms with Gasteiger partial charge >= 0.3 is 11.9 Å². The Morgan fingerprint density at radius 1 is 0.607 bits per heavy atom. The first-order chi connectivity index (χ1) is 13.0. The molecule has 0 rings (SSSR count). The summed E-state index contributed by atoms with van der Waals surface area (Å²) in [6.07, 6.45) is 6.69. The van der Waals surface area contributed by atoms with E-state index in [4.69, 9.17) is 9.47 Å². The second kappa shape index (κ2) is 14.6. The Kier molecular flexibility index (Phi) is 14.0. The Labute approximate surface area is 173 Å². The number of esters is 2. The fraction of sp³-hybridized carbons (Fsp3) is 0.833. The number of carbonyl (C=O) groups is 2. The van der Waals surface area contributed by atoms with Crippen LogP contribution in [0, 0.1) is 35.5 Å². The van der Waals surface area contributed by atoms with Gasteiger partial charge in [0.2, 0.25) is 0 Å². The molecule has 2 unspecified atom stereocenters. The number of rotatable bonds is 14. The van der Waals surface area contributed by atoms with E-state index in [0.717, 1.165) is 25.7 Å². The average Bonchev–Trinajstić information content (AvgIpc) is 2.58. The normalized spacial score (nSPS) is 14.3. The molecular formula is C24H44O4. The molecule has 28 heavy (non-hydrogen) atoms. The van der Waals surface area contributed by atoms with Crippen LogP contribution in [0.5, 0.6) is 0 Å². The van der Waals surface area contributed by atoms with Gasteiger partial charge in [-0.3, -0.25) is 0 Å². The summed E-state index contributed by atoms with van der Waals surface area (Å²) >= 11 is 0. The molecule has 0 aromatic carbocycles. The summed E-state index contributed by atoms with van der Waals surface area (Å²) in [5.74, 6) is 1.93. The van der Waals surface area contributed by atoms with Crippen molar-refractivity contribution in [3.8, 4) is 0 Å². The number of ether oxygens (including phenoxy) is 2. The smallest absolute Gasteiger partial charge is 0.331 e. The van der Waals surface area contributed by atoms with E-state index in [-0.39, 0.29) is 0 Å². The van der Waals surface area contributed by atoms with E-state index in [1.54, 1.807) is 0 Å². The van der Waals surface area contributed by atoms with Gasteiger partial charge in [-0.15, -0.1) is 0 Å². The molecule has 4 heteroatoms. The first-order valence-corrected chi connectivity index (χ1v) is 11.0. The average molecular weight is 397 g/mol. The Balaban J connectivity index is 4.34. The van der Waals surface area contributed by atoms with Crippen LogP contribution in [0.2, 0.25) is 0 Å². The van der Waals surface area contributed by atoms with Crippen molar-refractivity contribution in [2.24, 2.45) is 35.5 Å². The Morgan fingerprint density at radius 2 is 0.929 bits per heavy atom. The lowest BCUT2D eigenvalue weighted by Gasteiger charge is -2.21. The molecule has 0 N–H and O–H groups in total. The van der Waals surface area contributed by atoms with Crippen LogP contribution in [-0.2, 0) is 19.1 Å². The molecular weight excluding hydrogens is 352 g/mol. The van der Waals surface area contributed by atoms with Crippen molar-refractivity contribution < 1.29 is 19.1 Å². The molecule has 0 fully saturated rings. The maximum atomic E-state index is 11.9. The predicted molar refractivity (Wildman–Crippen MR) is 116 cm³/mol. The highest BCUT2D eigenvalue weighted by Crippen LogP contribution is 2.21. The Morgan fingerprint density at radius 3 is 1.18 bits per heavy atom. The highest BCUT2D eigenvalue weighted by Gasteiger charge is 2.17. The Bertz CT molecular complexity index is 421. The molecule has 0 amide bonds. The summed E-state index contributed by atoms with van der Waals surface area (Å²) < 4.78 is 10.7. The molecule has 0 bridgehead atoms. The minimum Gasteiger partial charge on any atom is -0.462 e. The van der Waals surface area contributed by atoms with Crippen LogP contribution >= 0.6 is 0 Å². The number of hydrogen-bond donors (Lipinski definition) is 0. The summed E-state index contributed by atoms with van der Waals surface area (Å²) in [5, 5.41) is 0. The molecule has 2 atom stereocenters. The monoisotopic (exact) mass is 396 g/mol. The molecule has 0 aliphatic heterocycles. The van der Waals surface area contributed by atoms with E-state index in [2.05, 4.69) is 55.4 Å². The lowest BCUT2D eigenvalue weighted by Crippen LogP contribution is -2.20. The summed E-state index contributed by atoms with van der Waals surface area (Å²) in [5.41, 5.74) is 0. The topological polar surface area (TPSA) is 52.6 Å². The van der Waals surface area contributed by atoms with Crippen LogP contribution < -0.4 is 0 Å². The summed E-state index contributed by atoms with van der Waals surface area (Å²) in [6.45, 7) is 18.2. The number of carbonyl (C=O) groups excluding carboxylic acids is 2. The van der Waals surface area contributed by atoms with Crippen LogP contribution in [0.15, 0.2) is 12.2 Å². The third kappa shape index (κ3) is 13.8. The molecule has 0 spiro atoms. The molecule has 4 nitrogen and oxygen atoms in total. The third-order valence-corrected chi connectivity index (χ3v) is 5.35. The highest BCUT2D eigenvalue weighted by atomic mass is 16.5. The van der Waals surface area contributed by atoms with Crippen molar-refractivity contribution >= 4 is 11.9 Å². The van der Waals surface area contributed by atoms with E-state index in [1.807, 2.05) is 0 Å². The molecule has 0 saturated carbocycles. The lowest BCUT2D eigenvalue weighted by molar-refractivity contribution is -0.142. The zero-order valence-corrected chi connectivity index (χ0v) is 19.5. The summed E-state index contributed by atoms with van der Waals surface area (Å²) in [4.78, 5) is 23.8. The van der Waals surface area contributed by atoms with Gasteiger partial charge in [-0.1, -0.05) is 68.2 Å². The molecule has 0 radical (unpaired) electrons. The van der Waals surface area contributed by atoms with Gasteiger partial charge in [-0.05, 0) is 48.3 Å². The van der Waals surface area contributed by atoms with Crippen molar-refractivity contribution in [1.82, 2.24) is 0 Å². The van der Waals surface area contributed by atoms with Gasteiger partial charge in [-0.2, -0.15) is 0 Å². The molecule has 0 aliphatic rings. The van der Waals surface area contributed by atoms with Crippen LogP contribution in [0.1, 0.15) is 81.1 Å². The van der Waals surface area contributed by atoms with Crippen molar-refractivity contribution in [3.05, 3.63) is 12.2 Å². The van der Waals surface area contributed by atoms with E-state index in [0.29, 0.717) is 48.7 Å². The summed E-state index contributed by atoms with van der Waals surface area (Å²) in [6, 6.07) is 0. The fourth-order valence-electron chi connectivity index (χ4n) is 2.92. The highest BCUT2D eigenvalue weighted by molar-refractivity contribution is 5.91. The predicted octanol–water partition coefficient (Wildman–Crippen LogP) is 6.05. The second-order valence-electron chi connectivity index (χ2n) is 9.54. The van der Waals surface area contributed by atoms with Crippen molar-refractivity contribution in [2.75, 3.05) is 13.2 Å². The fourth-order valence-corrected chi connectivity index (χ4v) is 2.92. The first kappa shape index (κ1) is 26.7. The quantitative estimate of drug-likeness (QED) is 0.265. The molecule has 164 valence electrons. The van der Waals surface area contributed by atoms with E-state index < -0.39 is 11.9 Å². The van der Waals surface area contributed by atoms with Gasteiger partial charge in [0.15, 0.2) is 0 Å². The van der Waals surface area contributed by atoms with E-state index >= 15 is 0 Å². The van der Waals surface area contributed by atoms with Gasteiger partial charge in [0.05, 0.1) is 13.2 Å². The van der Waals surface area contributed by atoms with Crippen molar-refractivity contribution in [1.29, 1.82) is 0 Å². The largest absolute Gasteiger partial charge is 0.462 e. The van der Waals surface area contributed by atoms with Crippen molar-refractivity contribution in [2.45, 2.75) is 81.1 Å². The van der Waals surface area contributed by atoms with Gasteiger partial charge in [0, 0.05) is 12.2 Å². The SMILES string of the molecule is CC(C)CCC(COC(=O)/C=C/C(=O)OCC(CCC(C)C)C(C)C)C(C)C. The van der Waals surface area contributed by atoms with Gasteiger partial charge in [0.1, 0.15) is 0 Å². The molecule has 0 aliphatic carbocycles. The van der Waals surface area contributed by atoms with Crippen LogP contribution in [0.25, 0.3) is 0 Å². The second-order valence-corrected chi connectivity index (χ2v) is 9.54. The molecule has 0 heterocycles. The minimum absolute atomic E-state index is 0.347. The van der Waals surface area contributed by atoms with E-state index in [1.165, 1.54) is 12.2 Å². The zero-order valence-electron chi connectivity index (χ0n) is 19.5. The molecule has 0 aromatic rings. The first-order valence-electron chi connectivity index (χ1n) is 11.0. The van der Waals surface area contributed by atoms with Crippen LogP contribution in [0.4, 0.5) is 0 Å². The standard InChI is InChI=1S/C24H44O4/c1-17(2)9-11-21(19(5)6)15-27-23(25)13-14-24(26)28-16-22(20(7)8)12-10-18(3)4/h13-14,17-22H,9-12,15-16H2,1-8H3/b14-13+. The van der Waals surface area contributed by atoms with Crippen LogP contribution in [-0.4, -0.2) is 25.2 Å². The van der Waals surface area contributed by atoms with Gasteiger partial charge in [-0.25, -0.2) is 9.59 Å². The third-order valence-electron chi connectivity index (χ3n) is 5.35. The van der Waals surface area contributed by atoms with Gasteiger partial charge < -0.3 is 9.47 Å². The maximum absolute atomic E-state index is 11.9. The Hall–Kier alpha value is -1.32.